The summed E-state index contributed by atoms with van der Waals surface area (Å²) in [5, 5.41) is 3.55. The molecule has 0 aromatic heterocycles. The van der Waals surface area contributed by atoms with Crippen molar-refractivity contribution in [1.29, 1.82) is 0 Å². The highest BCUT2D eigenvalue weighted by Crippen LogP contribution is 2.35. The molecule has 1 atom stereocenters. The number of nitrogens with zero attached hydrogens (tertiary/aromatic N) is 1. The summed E-state index contributed by atoms with van der Waals surface area (Å²) in [6.07, 6.45) is 5.40. The van der Waals surface area contributed by atoms with Gasteiger partial charge in [0.15, 0.2) is 0 Å². The van der Waals surface area contributed by atoms with Crippen LogP contribution in [0.2, 0.25) is 0 Å². The summed E-state index contributed by atoms with van der Waals surface area (Å²) in [7, 11) is 0. The molecule has 2 heterocycles. The lowest BCUT2D eigenvalue weighted by Crippen LogP contribution is -2.45. The summed E-state index contributed by atoms with van der Waals surface area (Å²) >= 11 is 0. The average Bonchev–Trinajstić information content (AvgIpc) is 2.86. The molecule has 2 heteroatoms. The average molecular weight is 244 g/mol. The summed E-state index contributed by atoms with van der Waals surface area (Å²) in [4.78, 5) is 2.68. The van der Waals surface area contributed by atoms with Crippen molar-refractivity contribution in [3.63, 3.8) is 0 Å². The van der Waals surface area contributed by atoms with Crippen LogP contribution in [0.25, 0.3) is 0 Å². The lowest BCUT2D eigenvalue weighted by Gasteiger charge is -2.40. The molecule has 2 aliphatic heterocycles. The van der Waals surface area contributed by atoms with Crippen molar-refractivity contribution in [3.8, 4) is 0 Å². The molecule has 0 aliphatic carbocycles. The van der Waals surface area contributed by atoms with E-state index in [2.05, 4.69) is 40.5 Å². The van der Waals surface area contributed by atoms with E-state index in [0.717, 1.165) is 0 Å². The molecule has 3 rings (SSSR count). The first kappa shape index (κ1) is 12.2. The number of piperidine rings is 1. The van der Waals surface area contributed by atoms with Crippen LogP contribution < -0.4 is 5.32 Å². The second-order valence-corrected chi connectivity index (χ2v) is 6.04. The molecular formula is C16H24N2. The molecule has 0 unspecified atom stereocenters. The van der Waals surface area contributed by atoms with Crippen molar-refractivity contribution in [3.05, 3.63) is 35.9 Å². The van der Waals surface area contributed by atoms with Gasteiger partial charge in [0.05, 0.1) is 0 Å². The van der Waals surface area contributed by atoms with Crippen LogP contribution in [0.5, 0.6) is 0 Å². The van der Waals surface area contributed by atoms with E-state index in [1.54, 1.807) is 0 Å². The van der Waals surface area contributed by atoms with Gasteiger partial charge in [-0.15, -0.1) is 0 Å². The number of hydrogen-bond acceptors (Lipinski definition) is 2. The summed E-state index contributed by atoms with van der Waals surface area (Å²) in [6, 6.07) is 10.9. The molecule has 98 valence electrons. The second-order valence-electron chi connectivity index (χ2n) is 6.04. The minimum absolute atomic E-state index is 0.606. The topological polar surface area (TPSA) is 15.3 Å². The van der Waals surface area contributed by atoms with Gasteiger partial charge in [0.25, 0.3) is 0 Å². The Kier molecular flexibility index (Phi) is 3.67. The van der Waals surface area contributed by atoms with Crippen LogP contribution in [0.3, 0.4) is 0 Å². The Hall–Kier alpha value is -0.860. The van der Waals surface area contributed by atoms with Crippen LogP contribution in [-0.2, 0) is 6.42 Å². The van der Waals surface area contributed by atoms with Gasteiger partial charge in [0, 0.05) is 19.6 Å². The number of benzene rings is 1. The van der Waals surface area contributed by atoms with Gasteiger partial charge in [0.2, 0.25) is 0 Å². The Balaban J connectivity index is 1.54. The van der Waals surface area contributed by atoms with Gasteiger partial charge in [-0.1, -0.05) is 30.3 Å². The van der Waals surface area contributed by atoms with Gasteiger partial charge < -0.3 is 10.2 Å². The van der Waals surface area contributed by atoms with Crippen LogP contribution in [0, 0.1) is 5.41 Å². The Labute approximate surface area is 110 Å². The van der Waals surface area contributed by atoms with E-state index in [0.29, 0.717) is 5.41 Å². The van der Waals surface area contributed by atoms with E-state index in [1.807, 2.05) is 0 Å². The van der Waals surface area contributed by atoms with Crippen LogP contribution in [0.1, 0.15) is 24.8 Å². The van der Waals surface area contributed by atoms with Gasteiger partial charge in [-0.2, -0.15) is 0 Å². The zero-order chi connectivity index (χ0) is 12.3. The van der Waals surface area contributed by atoms with Crippen LogP contribution >= 0.6 is 0 Å². The highest BCUT2D eigenvalue weighted by atomic mass is 15.1. The third-order valence-corrected chi connectivity index (χ3v) is 4.63. The molecule has 2 saturated heterocycles. The van der Waals surface area contributed by atoms with E-state index in [4.69, 9.17) is 0 Å². The summed E-state index contributed by atoms with van der Waals surface area (Å²) < 4.78 is 0. The summed E-state index contributed by atoms with van der Waals surface area (Å²) in [6.45, 7) is 6.31. The molecule has 0 radical (unpaired) electrons. The van der Waals surface area contributed by atoms with Crippen molar-refractivity contribution >= 4 is 0 Å². The van der Waals surface area contributed by atoms with Crippen molar-refractivity contribution in [1.82, 2.24) is 10.2 Å². The Morgan fingerprint density at radius 2 is 2.06 bits per heavy atom. The molecule has 2 aliphatic rings. The molecule has 0 bridgehead atoms. The molecule has 2 fully saturated rings. The Bertz CT molecular complexity index is 368. The maximum atomic E-state index is 3.55. The quantitative estimate of drug-likeness (QED) is 0.878. The van der Waals surface area contributed by atoms with Crippen LogP contribution in [-0.4, -0.2) is 37.6 Å². The Morgan fingerprint density at radius 3 is 2.83 bits per heavy atom. The van der Waals surface area contributed by atoms with Gasteiger partial charge in [-0.3, -0.25) is 0 Å². The zero-order valence-electron chi connectivity index (χ0n) is 11.2. The Morgan fingerprint density at radius 1 is 1.17 bits per heavy atom. The third kappa shape index (κ3) is 2.76. The second kappa shape index (κ2) is 5.41. The normalized spacial score (nSPS) is 28.9. The zero-order valence-corrected chi connectivity index (χ0v) is 11.2. The minimum Gasteiger partial charge on any atom is -0.316 e. The van der Waals surface area contributed by atoms with E-state index >= 15 is 0 Å². The summed E-state index contributed by atoms with van der Waals surface area (Å²) in [5.41, 5.74) is 2.08. The molecule has 1 N–H and O–H groups in total. The number of hydrogen-bond donors (Lipinski definition) is 1. The van der Waals surface area contributed by atoms with Crippen molar-refractivity contribution in [2.75, 3.05) is 32.7 Å². The highest BCUT2D eigenvalue weighted by Gasteiger charge is 2.37. The fraction of sp³-hybridized carbons (Fsp3) is 0.625. The standard InChI is InChI=1S/C16H24N2/c1-2-5-15(6-3-1)7-12-18-11-4-8-16(14-18)9-10-17-13-16/h1-3,5-6,17H,4,7-14H2/t16-/m1/s1. The predicted octanol–water partition coefficient (Wildman–Crippen LogP) is 2.30. The molecule has 1 spiro atoms. The smallest absolute Gasteiger partial charge is 0.00508 e. The molecule has 0 amide bonds. The van der Waals surface area contributed by atoms with E-state index < -0.39 is 0 Å². The first-order valence-corrected chi connectivity index (χ1v) is 7.33. The van der Waals surface area contributed by atoms with Crippen LogP contribution in [0.4, 0.5) is 0 Å². The predicted molar refractivity (Wildman–Crippen MR) is 75.7 cm³/mol. The van der Waals surface area contributed by atoms with Gasteiger partial charge in [-0.25, -0.2) is 0 Å². The van der Waals surface area contributed by atoms with Crippen LogP contribution in [0.15, 0.2) is 30.3 Å². The lowest BCUT2D eigenvalue weighted by molar-refractivity contribution is 0.105. The maximum absolute atomic E-state index is 3.55. The third-order valence-electron chi connectivity index (χ3n) is 4.63. The first-order chi connectivity index (χ1) is 8.86. The van der Waals surface area contributed by atoms with Crippen molar-refractivity contribution in [2.24, 2.45) is 5.41 Å². The molecule has 18 heavy (non-hydrogen) atoms. The molecule has 0 saturated carbocycles. The number of nitrogens with one attached hydrogen (secondary N) is 1. The molecule has 1 aromatic rings. The van der Waals surface area contributed by atoms with E-state index in [9.17, 15) is 0 Å². The van der Waals surface area contributed by atoms with Gasteiger partial charge >= 0.3 is 0 Å². The van der Waals surface area contributed by atoms with Gasteiger partial charge in [0.1, 0.15) is 0 Å². The molecular weight excluding hydrogens is 220 g/mol. The minimum atomic E-state index is 0.606. The lowest BCUT2D eigenvalue weighted by atomic mass is 9.79. The van der Waals surface area contributed by atoms with Crippen molar-refractivity contribution in [2.45, 2.75) is 25.7 Å². The molecule has 1 aromatic carbocycles. The van der Waals surface area contributed by atoms with Gasteiger partial charge in [-0.05, 0) is 49.8 Å². The molecule has 2 nitrogen and oxygen atoms in total. The SMILES string of the molecule is c1ccc(CCN2CCC[C@]3(CCNC3)C2)cc1. The fourth-order valence-electron chi connectivity index (χ4n) is 3.58. The van der Waals surface area contributed by atoms with Crippen molar-refractivity contribution < 1.29 is 0 Å². The maximum Gasteiger partial charge on any atom is 0.00508 e. The number of rotatable bonds is 3. The first-order valence-electron chi connectivity index (χ1n) is 7.33. The fourth-order valence-corrected chi connectivity index (χ4v) is 3.58. The summed E-state index contributed by atoms with van der Waals surface area (Å²) in [5.74, 6) is 0. The van der Waals surface area contributed by atoms with E-state index in [-0.39, 0.29) is 0 Å². The monoisotopic (exact) mass is 244 g/mol. The number of likely N-dealkylation sites (tertiary alicyclic amines) is 1. The highest BCUT2D eigenvalue weighted by molar-refractivity contribution is 5.15. The van der Waals surface area contributed by atoms with E-state index in [1.165, 1.54) is 64.0 Å². The largest absolute Gasteiger partial charge is 0.316 e.